The monoisotopic (exact) mass is 262 g/mol. The molecule has 1 unspecified atom stereocenters. The Bertz CT molecular complexity index is 484. The normalized spacial score (nSPS) is 12.4. The fourth-order valence-electron chi connectivity index (χ4n) is 1.98. The van der Waals surface area contributed by atoms with Gasteiger partial charge in [-0.25, -0.2) is 0 Å². The molecular weight excluding hydrogens is 244 g/mol. The van der Waals surface area contributed by atoms with E-state index in [-0.39, 0.29) is 6.61 Å². The lowest BCUT2D eigenvalue weighted by atomic mass is 10.1. The first-order valence-corrected chi connectivity index (χ1v) is 6.89. The summed E-state index contributed by atoms with van der Waals surface area (Å²) < 4.78 is 0. The molecule has 3 nitrogen and oxygen atoms in total. The van der Waals surface area contributed by atoms with E-state index in [4.69, 9.17) is 0 Å². The number of hydrogen-bond acceptors (Lipinski definition) is 4. The molecule has 0 radical (unpaired) electrons. The topological polar surface area (TPSA) is 36.4 Å². The summed E-state index contributed by atoms with van der Waals surface area (Å²) in [6.45, 7) is 2.22. The molecule has 1 N–H and O–H groups in total. The predicted molar refractivity (Wildman–Crippen MR) is 76.0 cm³/mol. The first-order chi connectivity index (χ1) is 8.72. The zero-order valence-corrected chi connectivity index (χ0v) is 11.5. The molecule has 0 fully saturated rings. The largest absolute Gasteiger partial charge is 0.392 e. The molecule has 2 aromatic rings. The van der Waals surface area contributed by atoms with Gasteiger partial charge in [-0.15, -0.1) is 11.3 Å². The molecule has 0 aliphatic heterocycles. The summed E-state index contributed by atoms with van der Waals surface area (Å²) in [6, 6.07) is 6.58. The second-order valence-electron chi connectivity index (χ2n) is 4.41. The maximum absolute atomic E-state index is 9.34. The van der Waals surface area contributed by atoms with E-state index in [2.05, 4.69) is 41.4 Å². The van der Waals surface area contributed by atoms with Crippen LogP contribution in [0.4, 0.5) is 5.69 Å². The number of thiophene rings is 1. The van der Waals surface area contributed by atoms with E-state index in [1.807, 2.05) is 6.07 Å². The minimum absolute atomic E-state index is 0.0270. The molecule has 1 atom stereocenters. The average Bonchev–Trinajstić information content (AvgIpc) is 2.90. The third-order valence-corrected chi connectivity index (χ3v) is 4.06. The molecule has 18 heavy (non-hydrogen) atoms. The van der Waals surface area contributed by atoms with Crippen LogP contribution in [-0.2, 0) is 13.0 Å². The summed E-state index contributed by atoms with van der Waals surface area (Å²) in [5.41, 5.74) is 1.93. The molecule has 0 amide bonds. The van der Waals surface area contributed by atoms with E-state index >= 15 is 0 Å². The van der Waals surface area contributed by atoms with Gasteiger partial charge in [-0.1, -0.05) is 6.07 Å². The lowest BCUT2D eigenvalue weighted by Gasteiger charge is -2.28. The second kappa shape index (κ2) is 5.98. The molecular formula is C14H18N2OS. The molecule has 0 saturated carbocycles. The number of aromatic nitrogens is 1. The summed E-state index contributed by atoms with van der Waals surface area (Å²) in [4.78, 5) is 7.63. The number of hydrogen-bond donors (Lipinski definition) is 1. The van der Waals surface area contributed by atoms with E-state index in [1.165, 1.54) is 4.88 Å². The van der Waals surface area contributed by atoms with Gasteiger partial charge in [0.05, 0.1) is 6.61 Å². The second-order valence-corrected chi connectivity index (χ2v) is 5.44. The Hall–Kier alpha value is -1.39. The lowest BCUT2D eigenvalue weighted by Crippen LogP contribution is -2.31. The Labute approximate surface area is 112 Å². The van der Waals surface area contributed by atoms with Crippen LogP contribution in [0.5, 0.6) is 0 Å². The zero-order valence-electron chi connectivity index (χ0n) is 10.7. The van der Waals surface area contributed by atoms with Gasteiger partial charge >= 0.3 is 0 Å². The molecule has 2 heterocycles. The molecule has 2 aromatic heterocycles. The highest BCUT2D eigenvalue weighted by Gasteiger charge is 2.14. The van der Waals surface area contributed by atoms with Gasteiger partial charge in [-0.2, -0.15) is 0 Å². The maximum Gasteiger partial charge on any atom is 0.0717 e. The highest BCUT2D eigenvalue weighted by Crippen LogP contribution is 2.22. The Morgan fingerprint density at radius 3 is 2.94 bits per heavy atom. The number of pyridine rings is 1. The van der Waals surface area contributed by atoms with Crippen molar-refractivity contribution >= 4 is 17.0 Å². The van der Waals surface area contributed by atoms with Crippen LogP contribution in [0.25, 0.3) is 0 Å². The van der Waals surface area contributed by atoms with Crippen molar-refractivity contribution in [1.82, 2.24) is 4.98 Å². The third-order valence-electron chi connectivity index (χ3n) is 3.17. The summed E-state index contributed by atoms with van der Waals surface area (Å²) in [5.74, 6) is 0. The fourth-order valence-corrected chi connectivity index (χ4v) is 2.81. The molecule has 96 valence electrons. The number of likely N-dealkylation sites (N-methyl/N-ethyl adjacent to an activating group) is 1. The Kier molecular flexibility index (Phi) is 4.33. The Morgan fingerprint density at radius 1 is 1.44 bits per heavy atom. The summed E-state index contributed by atoms with van der Waals surface area (Å²) >= 11 is 1.79. The Balaban J connectivity index is 2.12. The maximum atomic E-state index is 9.34. The van der Waals surface area contributed by atoms with Gasteiger partial charge in [-0.3, -0.25) is 4.98 Å². The van der Waals surface area contributed by atoms with Gasteiger partial charge in [0.2, 0.25) is 0 Å². The average molecular weight is 262 g/mol. The first kappa shape index (κ1) is 13.1. The molecule has 4 heteroatoms. The van der Waals surface area contributed by atoms with Crippen molar-refractivity contribution in [3.63, 3.8) is 0 Å². The van der Waals surface area contributed by atoms with E-state index < -0.39 is 0 Å². The van der Waals surface area contributed by atoms with Crippen molar-refractivity contribution in [2.75, 3.05) is 11.9 Å². The van der Waals surface area contributed by atoms with Crippen LogP contribution in [0.1, 0.15) is 17.4 Å². The van der Waals surface area contributed by atoms with Crippen molar-refractivity contribution in [3.8, 4) is 0 Å². The number of nitrogens with zero attached hydrogens (tertiary/aromatic N) is 2. The number of anilines is 1. The van der Waals surface area contributed by atoms with Crippen molar-refractivity contribution < 1.29 is 5.11 Å². The Morgan fingerprint density at radius 2 is 2.28 bits per heavy atom. The van der Waals surface area contributed by atoms with Crippen LogP contribution < -0.4 is 4.90 Å². The van der Waals surface area contributed by atoms with Crippen molar-refractivity contribution in [1.29, 1.82) is 0 Å². The van der Waals surface area contributed by atoms with Crippen LogP contribution >= 0.6 is 11.3 Å². The van der Waals surface area contributed by atoms with Gasteiger partial charge in [0.25, 0.3) is 0 Å². The molecule has 0 aliphatic carbocycles. The minimum atomic E-state index is 0.0270. The third kappa shape index (κ3) is 2.89. The van der Waals surface area contributed by atoms with Crippen molar-refractivity contribution in [2.24, 2.45) is 0 Å². The van der Waals surface area contributed by atoms with Gasteiger partial charge < -0.3 is 10.0 Å². The van der Waals surface area contributed by atoms with Crippen molar-refractivity contribution in [3.05, 3.63) is 46.4 Å². The summed E-state index contributed by atoms with van der Waals surface area (Å²) in [6.07, 6.45) is 4.51. The van der Waals surface area contributed by atoms with E-state index in [0.717, 1.165) is 17.7 Å². The van der Waals surface area contributed by atoms with Crippen LogP contribution in [0.3, 0.4) is 0 Å². The summed E-state index contributed by atoms with van der Waals surface area (Å²) in [5, 5.41) is 11.4. The highest BCUT2D eigenvalue weighted by molar-refractivity contribution is 7.09. The molecule has 2 rings (SSSR count). The predicted octanol–water partition coefficient (Wildman–Crippen LogP) is 2.70. The minimum Gasteiger partial charge on any atom is -0.392 e. The SMILES string of the molecule is CC(Cc1cccs1)N(C)c1ccncc1CO. The number of rotatable bonds is 5. The molecule has 0 spiro atoms. The quantitative estimate of drug-likeness (QED) is 0.900. The molecule has 0 saturated heterocycles. The van der Waals surface area contributed by atoms with Gasteiger partial charge in [0.15, 0.2) is 0 Å². The van der Waals surface area contributed by atoms with Gasteiger partial charge in [0, 0.05) is 48.0 Å². The standard InChI is InChI=1S/C14H18N2OS/c1-11(8-13-4-3-7-18-13)16(2)14-5-6-15-9-12(14)10-17/h3-7,9,11,17H,8,10H2,1-2H3. The smallest absolute Gasteiger partial charge is 0.0717 e. The van der Waals surface area contributed by atoms with Crippen LogP contribution in [0, 0.1) is 0 Å². The molecule has 0 bridgehead atoms. The van der Waals surface area contributed by atoms with Crippen LogP contribution in [0.15, 0.2) is 36.0 Å². The first-order valence-electron chi connectivity index (χ1n) is 6.01. The zero-order chi connectivity index (χ0) is 13.0. The summed E-state index contributed by atoms with van der Waals surface area (Å²) in [7, 11) is 2.06. The van der Waals surface area contributed by atoms with Gasteiger partial charge in [-0.05, 0) is 24.4 Å². The lowest BCUT2D eigenvalue weighted by molar-refractivity contribution is 0.281. The highest BCUT2D eigenvalue weighted by atomic mass is 32.1. The van der Waals surface area contributed by atoms with Crippen LogP contribution in [0.2, 0.25) is 0 Å². The van der Waals surface area contributed by atoms with Crippen molar-refractivity contribution in [2.45, 2.75) is 26.0 Å². The fraction of sp³-hybridized carbons (Fsp3) is 0.357. The van der Waals surface area contributed by atoms with Gasteiger partial charge in [0.1, 0.15) is 0 Å². The van der Waals surface area contributed by atoms with E-state index in [9.17, 15) is 5.11 Å². The van der Waals surface area contributed by atoms with E-state index in [0.29, 0.717) is 6.04 Å². The van der Waals surface area contributed by atoms with E-state index in [1.54, 1.807) is 23.7 Å². The number of aliphatic hydroxyl groups is 1. The molecule has 0 aromatic carbocycles. The number of aliphatic hydroxyl groups excluding tert-OH is 1. The molecule has 0 aliphatic rings. The van der Waals surface area contributed by atoms with Crippen LogP contribution in [-0.4, -0.2) is 23.2 Å².